The molecule has 2 aromatic heterocycles. The van der Waals surface area contributed by atoms with Crippen LogP contribution in [-0.2, 0) is 4.79 Å². The quantitative estimate of drug-likeness (QED) is 0.706. The number of halogens is 2. The van der Waals surface area contributed by atoms with E-state index in [9.17, 15) is 13.6 Å². The molecule has 9 heteroatoms. The van der Waals surface area contributed by atoms with Crippen LogP contribution >= 0.6 is 11.8 Å². The topological polar surface area (TPSA) is 81.2 Å². The molecule has 0 aliphatic carbocycles. The molecule has 6 nitrogen and oxygen atoms in total. The Kier molecular flexibility index (Phi) is 4.61. The number of furan rings is 1. The van der Waals surface area contributed by atoms with Gasteiger partial charge in [-0.1, -0.05) is 11.8 Å². The number of amides is 1. The molecular formula is C15H11F2N3O3S. The molecule has 1 atom stereocenters. The second-order valence-electron chi connectivity index (χ2n) is 4.73. The van der Waals surface area contributed by atoms with E-state index in [1.165, 1.54) is 12.3 Å². The minimum Gasteiger partial charge on any atom is -0.459 e. The van der Waals surface area contributed by atoms with Crippen LogP contribution in [0, 0.1) is 11.6 Å². The van der Waals surface area contributed by atoms with E-state index in [1.54, 1.807) is 19.1 Å². The molecule has 24 heavy (non-hydrogen) atoms. The monoisotopic (exact) mass is 351 g/mol. The van der Waals surface area contributed by atoms with Gasteiger partial charge in [0.2, 0.25) is 5.91 Å². The minimum absolute atomic E-state index is 0.160. The highest BCUT2D eigenvalue weighted by molar-refractivity contribution is 8.00. The molecule has 0 spiro atoms. The van der Waals surface area contributed by atoms with Crippen molar-refractivity contribution in [1.82, 2.24) is 10.2 Å². The van der Waals surface area contributed by atoms with Crippen molar-refractivity contribution >= 4 is 23.4 Å². The Morgan fingerprint density at radius 3 is 2.79 bits per heavy atom. The highest BCUT2D eigenvalue weighted by Gasteiger charge is 2.20. The largest absolute Gasteiger partial charge is 0.459 e. The first-order valence-corrected chi connectivity index (χ1v) is 7.71. The first kappa shape index (κ1) is 16.2. The van der Waals surface area contributed by atoms with Gasteiger partial charge in [-0.05, 0) is 31.2 Å². The zero-order valence-electron chi connectivity index (χ0n) is 12.3. The summed E-state index contributed by atoms with van der Waals surface area (Å²) in [5.41, 5.74) is 0.160. The fourth-order valence-electron chi connectivity index (χ4n) is 1.78. The summed E-state index contributed by atoms with van der Waals surface area (Å²) in [5.74, 6) is -1.80. The Bertz CT molecular complexity index is 852. The first-order chi connectivity index (χ1) is 11.5. The van der Waals surface area contributed by atoms with Crippen LogP contribution in [0.1, 0.15) is 6.92 Å². The molecule has 0 aliphatic rings. The van der Waals surface area contributed by atoms with Gasteiger partial charge in [-0.15, -0.1) is 10.2 Å². The summed E-state index contributed by atoms with van der Waals surface area (Å²) in [6.45, 7) is 1.62. The molecule has 1 aromatic carbocycles. The first-order valence-electron chi connectivity index (χ1n) is 6.83. The van der Waals surface area contributed by atoms with Crippen molar-refractivity contribution in [2.24, 2.45) is 0 Å². The van der Waals surface area contributed by atoms with Crippen molar-refractivity contribution in [2.45, 2.75) is 17.4 Å². The highest BCUT2D eigenvalue weighted by Crippen LogP contribution is 2.27. The van der Waals surface area contributed by atoms with E-state index >= 15 is 0 Å². The summed E-state index contributed by atoms with van der Waals surface area (Å²) in [5, 5.41) is 9.73. The summed E-state index contributed by atoms with van der Waals surface area (Å²) in [4.78, 5) is 12.1. The number of anilines is 1. The Hall–Kier alpha value is -2.68. The van der Waals surface area contributed by atoms with Crippen molar-refractivity contribution < 1.29 is 22.4 Å². The number of benzene rings is 1. The third kappa shape index (κ3) is 3.62. The summed E-state index contributed by atoms with van der Waals surface area (Å²) in [6, 6.07) is 6.48. The van der Waals surface area contributed by atoms with Crippen molar-refractivity contribution in [2.75, 3.05) is 5.32 Å². The highest BCUT2D eigenvalue weighted by atomic mass is 32.2. The second-order valence-corrected chi connectivity index (χ2v) is 6.02. The SMILES string of the molecule is C[C@H](Sc1nnc(-c2ccco2)o1)C(=O)Nc1ccc(F)c(F)c1. The maximum atomic E-state index is 13.1. The normalized spacial score (nSPS) is 12.1. The number of hydrogen-bond donors (Lipinski definition) is 1. The Labute approximate surface area is 139 Å². The molecule has 3 rings (SSSR count). The number of carbonyl (C=O) groups is 1. The van der Waals surface area contributed by atoms with Gasteiger partial charge < -0.3 is 14.2 Å². The van der Waals surface area contributed by atoms with Crippen molar-refractivity contribution in [1.29, 1.82) is 0 Å². The van der Waals surface area contributed by atoms with E-state index in [-0.39, 0.29) is 16.8 Å². The number of rotatable bonds is 5. The number of thioether (sulfide) groups is 1. The summed E-state index contributed by atoms with van der Waals surface area (Å²) < 4.78 is 36.5. The van der Waals surface area contributed by atoms with Crippen LogP contribution in [0.4, 0.5) is 14.5 Å². The molecule has 0 saturated carbocycles. The molecule has 0 radical (unpaired) electrons. The van der Waals surface area contributed by atoms with E-state index in [4.69, 9.17) is 8.83 Å². The van der Waals surface area contributed by atoms with Gasteiger partial charge in [0.25, 0.3) is 11.1 Å². The maximum Gasteiger partial charge on any atom is 0.284 e. The van der Waals surface area contributed by atoms with Crippen molar-refractivity contribution in [3.05, 3.63) is 48.2 Å². The van der Waals surface area contributed by atoms with Crippen LogP contribution in [0.25, 0.3) is 11.7 Å². The molecule has 1 amide bonds. The van der Waals surface area contributed by atoms with Crippen molar-refractivity contribution in [3.63, 3.8) is 0 Å². The van der Waals surface area contributed by atoms with E-state index < -0.39 is 22.8 Å². The van der Waals surface area contributed by atoms with E-state index in [2.05, 4.69) is 15.5 Å². The lowest BCUT2D eigenvalue weighted by Gasteiger charge is -2.10. The molecule has 0 aliphatic heterocycles. The smallest absolute Gasteiger partial charge is 0.284 e. The summed E-state index contributed by atoms with van der Waals surface area (Å²) in [7, 11) is 0. The molecular weight excluding hydrogens is 340 g/mol. The third-order valence-corrected chi connectivity index (χ3v) is 3.91. The average molecular weight is 351 g/mol. The molecule has 3 aromatic rings. The lowest BCUT2D eigenvalue weighted by molar-refractivity contribution is -0.115. The van der Waals surface area contributed by atoms with Crippen LogP contribution in [0.5, 0.6) is 0 Å². The minimum atomic E-state index is -1.03. The molecule has 0 bridgehead atoms. The predicted octanol–water partition coefficient (Wildman–Crippen LogP) is 3.73. The average Bonchev–Trinajstić information content (AvgIpc) is 3.21. The summed E-state index contributed by atoms with van der Waals surface area (Å²) in [6.07, 6.45) is 1.48. The second kappa shape index (κ2) is 6.83. The summed E-state index contributed by atoms with van der Waals surface area (Å²) >= 11 is 1.03. The van der Waals surface area contributed by atoms with Gasteiger partial charge >= 0.3 is 0 Å². The molecule has 1 N–H and O–H groups in total. The number of hydrogen-bond acceptors (Lipinski definition) is 6. The maximum absolute atomic E-state index is 13.1. The van der Waals surface area contributed by atoms with Gasteiger partial charge in [0.1, 0.15) is 0 Å². The van der Waals surface area contributed by atoms with E-state index in [1.807, 2.05) is 0 Å². The molecule has 0 saturated heterocycles. The molecule has 2 heterocycles. The van der Waals surface area contributed by atoms with E-state index in [0.29, 0.717) is 5.76 Å². The van der Waals surface area contributed by atoms with Crippen LogP contribution in [0.15, 0.2) is 50.7 Å². The van der Waals surface area contributed by atoms with Gasteiger partial charge in [-0.2, -0.15) is 0 Å². The Morgan fingerprint density at radius 1 is 1.25 bits per heavy atom. The van der Waals surface area contributed by atoms with Gasteiger partial charge in [-0.25, -0.2) is 8.78 Å². The number of nitrogens with zero attached hydrogens (tertiary/aromatic N) is 2. The standard InChI is InChI=1S/C15H11F2N3O3S/c1-8(13(21)18-9-4-5-10(16)11(17)7-9)24-15-20-19-14(23-15)12-3-2-6-22-12/h2-8H,1H3,(H,18,21)/t8-/m0/s1. The Morgan fingerprint density at radius 2 is 2.08 bits per heavy atom. The third-order valence-electron chi connectivity index (χ3n) is 2.97. The van der Waals surface area contributed by atoms with Crippen LogP contribution in [0.2, 0.25) is 0 Å². The number of carbonyl (C=O) groups excluding carboxylic acids is 1. The predicted molar refractivity (Wildman–Crippen MR) is 82.3 cm³/mol. The zero-order chi connectivity index (χ0) is 17.1. The van der Waals surface area contributed by atoms with Gasteiger partial charge in [0, 0.05) is 11.8 Å². The van der Waals surface area contributed by atoms with Crippen molar-refractivity contribution in [3.8, 4) is 11.7 Å². The van der Waals surface area contributed by atoms with Crippen LogP contribution in [0.3, 0.4) is 0 Å². The molecule has 124 valence electrons. The van der Waals surface area contributed by atoms with Crippen LogP contribution in [-0.4, -0.2) is 21.4 Å². The van der Waals surface area contributed by atoms with Gasteiger partial charge in [-0.3, -0.25) is 4.79 Å². The van der Waals surface area contributed by atoms with Gasteiger partial charge in [0.15, 0.2) is 17.4 Å². The molecule has 0 unspecified atom stereocenters. The number of aromatic nitrogens is 2. The zero-order valence-corrected chi connectivity index (χ0v) is 13.1. The Balaban J connectivity index is 1.62. The fourth-order valence-corrected chi connectivity index (χ4v) is 2.46. The van der Waals surface area contributed by atoms with E-state index in [0.717, 1.165) is 23.9 Å². The lowest BCUT2D eigenvalue weighted by Crippen LogP contribution is -2.22. The van der Waals surface area contributed by atoms with Gasteiger partial charge in [0.05, 0.1) is 11.5 Å². The fraction of sp³-hybridized carbons (Fsp3) is 0.133. The van der Waals surface area contributed by atoms with Crippen LogP contribution < -0.4 is 5.32 Å². The molecule has 0 fully saturated rings. The lowest BCUT2D eigenvalue weighted by atomic mass is 10.3. The number of nitrogens with one attached hydrogen (secondary N) is 1.